The van der Waals surface area contributed by atoms with Gasteiger partial charge in [0.2, 0.25) is 11.8 Å². The van der Waals surface area contributed by atoms with E-state index in [-0.39, 0.29) is 11.8 Å². The number of ether oxygens (including phenoxy) is 1. The average Bonchev–Trinajstić information content (AvgIpc) is 2.77. The summed E-state index contributed by atoms with van der Waals surface area (Å²) in [5.74, 6) is 0.101. The van der Waals surface area contributed by atoms with Crippen molar-refractivity contribution in [2.45, 2.75) is 117 Å². The smallest absolute Gasteiger partial charge is 0.408 e. The van der Waals surface area contributed by atoms with Gasteiger partial charge < -0.3 is 20.3 Å². The van der Waals surface area contributed by atoms with Gasteiger partial charge in [0.25, 0.3) is 0 Å². The first-order valence-electron chi connectivity index (χ1n) is 13.2. The highest BCUT2D eigenvalue weighted by molar-refractivity contribution is 7.98. The second-order valence-corrected chi connectivity index (χ2v) is 13.1. The zero-order valence-corrected chi connectivity index (χ0v) is 25.6. The molecular formula is C29H49N3O4S. The molecular weight excluding hydrogens is 486 g/mol. The second-order valence-electron chi connectivity index (χ2n) is 12.1. The van der Waals surface area contributed by atoms with Crippen molar-refractivity contribution < 1.29 is 19.1 Å². The van der Waals surface area contributed by atoms with Crippen molar-refractivity contribution in [2.75, 3.05) is 12.0 Å². The molecule has 0 bridgehead atoms. The van der Waals surface area contributed by atoms with E-state index in [1.54, 1.807) is 37.4 Å². The largest absolute Gasteiger partial charge is 0.444 e. The lowest BCUT2D eigenvalue weighted by Crippen LogP contribution is -2.60. The number of alkyl carbamates (subject to hydrolysis) is 1. The van der Waals surface area contributed by atoms with Crippen molar-refractivity contribution in [2.24, 2.45) is 0 Å². The Bertz CT molecular complexity index is 901. The van der Waals surface area contributed by atoms with E-state index in [4.69, 9.17) is 4.74 Å². The fourth-order valence-electron chi connectivity index (χ4n) is 3.85. The maximum atomic E-state index is 14.3. The van der Waals surface area contributed by atoms with Crippen LogP contribution < -0.4 is 10.6 Å². The molecule has 0 aliphatic rings. The number of nitrogens with one attached hydrogen (secondary N) is 2. The molecule has 1 aromatic carbocycles. The van der Waals surface area contributed by atoms with Gasteiger partial charge in [0.1, 0.15) is 17.7 Å². The van der Waals surface area contributed by atoms with E-state index >= 15 is 0 Å². The van der Waals surface area contributed by atoms with Crippen LogP contribution >= 0.6 is 11.8 Å². The number of carbonyl (C=O) groups is 3. The first-order chi connectivity index (χ1) is 17.0. The molecule has 0 aromatic heterocycles. The molecule has 0 fully saturated rings. The van der Waals surface area contributed by atoms with Crippen molar-refractivity contribution in [3.05, 3.63) is 35.4 Å². The Kier molecular flexibility index (Phi) is 12.0. The number of nitrogens with zero attached hydrogens (tertiary/aromatic N) is 1. The molecule has 7 nitrogen and oxygen atoms in total. The molecule has 0 saturated carbocycles. The van der Waals surface area contributed by atoms with Gasteiger partial charge in [-0.3, -0.25) is 9.59 Å². The molecule has 0 radical (unpaired) electrons. The molecule has 37 heavy (non-hydrogen) atoms. The van der Waals surface area contributed by atoms with Crippen LogP contribution in [0.3, 0.4) is 0 Å². The van der Waals surface area contributed by atoms with E-state index in [9.17, 15) is 14.4 Å². The van der Waals surface area contributed by atoms with Crippen LogP contribution in [-0.4, -0.2) is 57.5 Å². The molecule has 0 heterocycles. The number of rotatable bonds is 11. The Morgan fingerprint density at radius 2 is 1.54 bits per heavy atom. The summed E-state index contributed by atoms with van der Waals surface area (Å²) < 4.78 is 5.47. The van der Waals surface area contributed by atoms with Crippen molar-refractivity contribution in [3.8, 4) is 0 Å². The minimum atomic E-state index is -0.871. The minimum Gasteiger partial charge on any atom is -0.444 e. The van der Waals surface area contributed by atoms with Gasteiger partial charge in [0, 0.05) is 11.1 Å². The predicted molar refractivity (Wildman–Crippen MR) is 154 cm³/mol. The molecule has 8 heteroatoms. The molecule has 1 rings (SSSR count). The van der Waals surface area contributed by atoms with Crippen molar-refractivity contribution in [3.63, 3.8) is 0 Å². The molecule has 210 valence electrons. The lowest BCUT2D eigenvalue weighted by molar-refractivity contribution is -0.150. The third kappa shape index (κ3) is 10.6. The highest BCUT2D eigenvalue weighted by atomic mass is 32.2. The highest BCUT2D eigenvalue weighted by Gasteiger charge is 2.43. The third-order valence-corrected chi connectivity index (χ3v) is 6.71. The maximum Gasteiger partial charge on any atom is 0.408 e. The monoisotopic (exact) mass is 535 g/mol. The molecule has 2 atom stereocenters. The zero-order valence-electron chi connectivity index (χ0n) is 24.8. The summed E-state index contributed by atoms with van der Waals surface area (Å²) in [5.41, 5.74) is 0.0191. The molecule has 0 aliphatic heterocycles. The van der Waals surface area contributed by atoms with Crippen LogP contribution in [0.25, 0.3) is 0 Å². The molecule has 2 N–H and O–H groups in total. The number of amides is 3. The number of carbonyl (C=O) groups excluding carboxylic acids is 3. The Hall–Kier alpha value is -2.22. The van der Waals surface area contributed by atoms with Crippen molar-refractivity contribution in [1.82, 2.24) is 15.5 Å². The highest BCUT2D eigenvalue weighted by Crippen LogP contribution is 2.33. The van der Waals surface area contributed by atoms with E-state index < -0.39 is 34.9 Å². The number of benzene rings is 1. The topological polar surface area (TPSA) is 87.7 Å². The quantitative estimate of drug-likeness (QED) is 0.370. The van der Waals surface area contributed by atoms with Gasteiger partial charge in [-0.25, -0.2) is 4.79 Å². The number of thioether (sulfide) groups is 1. The van der Waals surface area contributed by atoms with E-state index in [1.165, 1.54) is 0 Å². The van der Waals surface area contributed by atoms with Gasteiger partial charge in [-0.15, -0.1) is 0 Å². The summed E-state index contributed by atoms with van der Waals surface area (Å²) >= 11 is 1.59. The van der Waals surface area contributed by atoms with Crippen LogP contribution in [-0.2, 0) is 20.7 Å². The molecule has 1 aromatic rings. The third-order valence-electron chi connectivity index (χ3n) is 6.06. The van der Waals surface area contributed by atoms with Crippen LogP contribution in [0, 0.1) is 0 Å². The average molecular weight is 536 g/mol. The normalized spacial score (nSPS) is 13.9. The number of aryl methyl sites for hydroxylation is 1. The fourth-order valence-corrected chi connectivity index (χ4v) is 4.32. The molecule has 2 unspecified atom stereocenters. The number of hydrogen-bond acceptors (Lipinski definition) is 5. The Labute approximate surface area is 228 Å². The van der Waals surface area contributed by atoms with E-state index in [2.05, 4.69) is 17.6 Å². The van der Waals surface area contributed by atoms with Crippen molar-refractivity contribution >= 4 is 29.7 Å². The Morgan fingerprint density at radius 3 is 1.97 bits per heavy atom. The van der Waals surface area contributed by atoms with Crippen molar-refractivity contribution in [1.29, 1.82) is 0 Å². The SMILES string of the molecule is CCc1ccc(C(C(=O)NC(C)(C)C)N(C(=O)C(CCSC)NC(=O)OC(C)(C)C)C(C)(C)CC)cc1. The van der Waals surface area contributed by atoms with Gasteiger partial charge >= 0.3 is 6.09 Å². The minimum absolute atomic E-state index is 0.257. The molecule has 3 amide bonds. The summed E-state index contributed by atoms with van der Waals surface area (Å²) in [6.45, 7) is 19.1. The first-order valence-corrected chi connectivity index (χ1v) is 14.6. The number of hydrogen-bond donors (Lipinski definition) is 2. The van der Waals surface area contributed by atoms with E-state index in [0.717, 1.165) is 17.5 Å². The summed E-state index contributed by atoms with van der Waals surface area (Å²) in [4.78, 5) is 42.6. The lowest BCUT2D eigenvalue weighted by atomic mass is 9.91. The molecule has 0 spiro atoms. The predicted octanol–water partition coefficient (Wildman–Crippen LogP) is 5.87. The summed E-state index contributed by atoms with van der Waals surface area (Å²) in [5, 5.41) is 5.88. The van der Waals surface area contributed by atoms with Gasteiger partial charge in [-0.05, 0) is 97.8 Å². The van der Waals surface area contributed by atoms with Gasteiger partial charge in [-0.1, -0.05) is 38.1 Å². The molecule has 0 aliphatic carbocycles. The first kappa shape index (κ1) is 32.8. The maximum absolute atomic E-state index is 14.3. The van der Waals surface area contributed by atoms with Crippen LogP contribution in [0.15, 0.2) is 24.3 Å². The Balaban J connectivity index is 3.65. The van der Waals surface area contributed by atoms with Gasteiger partial charge in [-0.2, -0.15) is 11.8 Å². The summed E-state index contributed by atoms with van der Waals surface area (Å²) in [6.07, 6.45) is 3.21. The molecule has 0 saturated heterocycles. The van der Waals surface area contributed by atoms with Crippen LogP contribution in [0.4, 0.5) is 4.79 Å². The lowest BCUT2D eigenvalue weighted by Gasteiger charge is -2.45. The summed E-state index contributed by atoms with van der Waals surface area (Å²) in [7, 11) is 0. The Morgan fingerprint density at radius 1 is 0.973 bits per heavy atom. The van der Waals surface area contributed by atoms with E-state index in [0.29, 0.717) is 18.6 Å². The zero-order chi connectivity index (χ0) is 28.6. The van der Waals surface area contributed by atoms with Crippen LogP contribution in [0.2, 0.25) is 0 Å². The van der Waals surface area contributed by atoms with Gasteiger partial charge in [0.15, 0.2) is 0 Å². The fraction of sp³-hybridized carbons (Fsp3) is 0.690. The second kappa shape index (κ2) is 13.5. The van der Waals surface area contributed by atoms with E-state index in [1.807, 2.05) is 72.1 Å². The summed E-state index contributed by atoms with van der Waals surface area (Å²) in [6, 6.07) is 6.14. The van der Waals surface area contributed by atoms with Crippen LogP contribution in [0.1, 0.15) is 99.2 Å². The van der Waals surface area contributed by atoms with Crippen LogP contribution in [0.5, 0.6) is 0 Å². The van der Waals surface area contributed by atoms with Gasteiger partial charge in [0.05, 0.1) is 0 Å². The standard InChI is InChI=1S/C29H49N3O4S/c1-12-20-14-16-21(17-15-20)23(24(33)31-27(3,4)5)32(29(9,10)13-2)25(34)22(18-19-37-11)30-26(35)36-28(6,7)8/h14-17,22-23H,12-13,18-19H2,1-11H3,(H,30,35)(H,31,33).